The quantitative estimate of drug-likeness (QED) is 0.565. The first-order valence-corrected chi connectivity index (χ1v) is 5.00. The number of carbonyl (C=O) groups excluding carboxylic acids is 1. The molecule has 0 aromatic heterocycles. The van der Waals surface area contributed by atoms with Crippen molar-refractivity contribution in [2.75, 3.05) is 6.54 Å². The Bertz CT molecular complexity index is 189. The average Bonchev–Trinajstić information content (AvgIpc) is 2.07. The van der Waals surface area contributed by atoms with E-state index in [2.05, 4.69) is 20.8 Å². The molecule has 0 saturated carbocycles. The van der Waals surface area contributed by atoms with Crippen molar-refractivity contribution in [1.29, 1.82) is 0 Å². The molecular weight excluding hydrogens is 162 g/mol. The van der Waals surface area contributed by atoms with Gasteiger partial charge in [-0.2, -0.15) is 0 Å². The monoisotopic (exact) mass is 183 g/mol. The van der Waals surface area contributed by atoms with Crippen LogP contribution in [0.15, 0.2) is 12.2 Å². The molecule has 0 fully saturated rings. The van der Waals surface area contributed by atoms with Gasteiger partial charge in [-0.3, -0.25) is 4.79 Å². The van der Waals surface area contributed by atoms with Gasteiger partial charge in [0.2, 0.25) is 5.91 Å². The van der Waals surface area contributed by atoms with Crippen molar-refractivity contribution in [3.63, 3.8) is 0 Å². The van der Waals surface area contributed by atoms with Crippen molar-refractivity contribution in [1.82, 2.24) is 4.90 Å². The molecule has 0 bridgehead atoms. The van der Waals surface area contributed by atoms with Crippen LogP contribution in [0.4, 0.5) is 0 Å². The van der Waals surface area contributed by atoms with E-state index in [-0.39, 0.29) is 11.4 Å². The molecule has 0 N–H and O–H groups in total. The lowest BCUT2D eigenvalue weighted by Crippen LogP contribution is -2.46. The summed E-state index contributed by atoms with van der Waals surface area (Å²) in [6.45, 7) is 11.0. The molecule has 2 heteroatoms. The highest BCUT2D eigenvalue weighted by atomic mass is 16.2. The Morgan fingerprint density at radius 2 is 1.85 bits per heavy atom. The van der Waals surface area contributed by atoms with E-state index in [9.17, 15) is 4.79 Å². The highest BCUT2D eigenvalue weighted by molar-refractivity contribution is 5.88. The molecule has 76 valence electrons. The van der Waals surface area contributed by atoms with Crippen LogP contribution in [0.1, 0.15) is 41.0 Å². The van der Waals surface area contributed by atoms with Crippen LogP contribution in [-0.2, 0) is 4.79 Å². The Morgan fingerprint density at radius 3 is 2.15 bits per heavy atom. The first kappa shape index (κ1) is 12.2. The lowest BCUT2D eigenvalue weighted by molar-refractivity contribution is -0.131. The molecule has 0 unspecified atom stereocenters. The van der Waals surface area contributed by atoms with E-state index in [1.54, 1.807) is 6.08 Å². The summed E-state index contributed by atoms with van der Waals surface area (Å²) in [5.74, 6) is 0.142. The molecule has 0 aromatic carbocycles. The van der Waals surface area contributed by atoms with Crippen LogP contribution in [-0.4, -0.2) is 22.9 Å². The van der Waals surface area contributed by atoms with Crippen LogP contribution in [0.3, 0.4) is 0 Å². The first-order chi connectivity index (χ1) is 6.02. The predicted octanol–water partition coefficient (Wildman–Crippen LogP) is 2.60. The molecule has 1 heterocycles. The fourth-order valence-corrected chi connectivity index (χ4v) is 1.25. The zero-order valence-electron chi connectivity index (χ0n) is 9.42. The van der Waals surface area contributed by atoms with Gasteiger partial charge in [0.1, 0.15) is 0 Å². The summed E-state index contributed by atoms with van der Waals surface area (Å²) >= 11 is 0. The van der Waals surface area contributed by atoms with Crippen LogP contribution in [0.5, 0.6) is 0 Å². The average molecular weight is 183 g/mol. The molecule has 0 radical (unpaired) electrons. The Labute approximate surface area is 81.6 Å². The van der Waals surface area contributed by atoms with Gasteiger partial charge < -0.3 is 4.90 Å². The van der Waals surface area contributed by atoms with E-state index in [0.717, 1.165) is 13.0 Å². The third-order valence-electron chi connectivity index (χ3n) is 1.86. The van der Waals surface area contributed by atoms with E-state index in [1.807, 2.05) is 24.8 Å². The standard InChI is InChI=1S/C9H15NO.C2H6/c1-9(2,3)10-7-5-4-6-8(10)11;1-2/h4,6H,5,7H2,1-3H3;1-2H3. The van der Waals surface area contributed by atoms with Crippen LogP contribution < -0.4 is 0 Å². The Morgan fingerprint density at radius 1 is 1.31 bits per heavy atom. The van der Waals surface area contributed by atoms with E-state index in [4.69, 9.17) is 0 Å². The topological polar surface area (TPSA) is 20.3 Å². The van der Waals surface area contributed by atoms with E-state index in [0.29, 0.717) is 0 Å². The molecule has 13 heavy (non-hydrogen) atoms. The van der Waals surface area contributed by atoms with Gasteiger partial charge in [0.15, 0.2) is 0 Å². The molecule has 2 nitrogen and oxygen atoms in total. The smallest absolute Gasteiger partial charge is 0.246 e. The van der Waals surface area contributed by atoms with Gasteiger partial charge in [0.05, 0.1) is 0 Å². The number of hydrogen-bond acceptors (Lipinski definition) is 1. The summed E-state index contributed by atoms with van der Waals surface area (Å²) in [6, 6.07) is 0. The zero-order chi connectivity index (χ0) is 10.5. The molecule has 0 spiro atoms. The first-order valence-electron chi connectivity index (χ1n) is 5.00. The van der Waals surface area contributed by atoms with Gasteiger partial charge in [-0.05, 0) is 33.3 Å². The lowest BCUT2D eigenvalue weighted by atomic mass is 10.0. The minimum absolute atomic E-state index is 0.0259. The van der Waals surface area contributed by atoms with Crippen molar-refractivity contribution >= 4 is 5.91 Å². The fourth-order valence-electron chi connectivity index (χ4n) is 1.25. The Balaban J connectivity index is 0.000000671. The van der Waals surface area contributed by atoms with Crippen molar-refractivity contribution in [2.24, 2.45) is 0 Å². The summed E-state index contributed by atoms with van der Waals surface area (Å²) in [5.41, 5.74) is -0.0259. The number of amides is 1. The zero-order valence-corrected chi connectivity index (χ0v) is 9.42. The van der Waals surface area contributed by atoms with Gasteiger partial charge in [0.25, 0.3) is 0 Å². The normalized spacial score (nSPS) is 16.7. The summed E-state index contributed by atoms with van der Waals surface area (Å²) in [7, 11) is 0. The molecule has 0 saturated heterocycles. The van der Waals surface area contributed by atoms with E-state index < -0.39 is 0 Å². The third-order valence-corrected chi connectivity index (χ3v) is 1.86. The maximum absolute atomic E-state index is 11.3. The van der Waals surface area contributed by atoms with Gasteiger partial charge in [-0.1, -0.05) is 19.9 Å². The highest BCUT2D eigenvalue weighted by Crippen LogP contribution is 2.16. The molecule has 0 atom stereocenters. The molecule has 1 aliphatic heterocycles. The predicted molar refractivity (Wildman–Crippen MR) is 56.6 cm³/mol. The highest BCUT2D eigenvalue weighted by Gasteiger charge is 2.25. The van der Waals surface area contributed by atoms with Crippen LogP contribution in [0.25, 0.3) is 0 Å². The maximum atomic E-state index is 11.3. The number of hydrogen-bond donors (Lipinski definition) is 0. The molecule has 0 aliphatic carbocycles. The fraction of sp³-hybridized carbons (Fsp3) is 0.727. The Hall–Kier alpha value is -0.790. The van der Waals surface area contributed by atoms with Gasteiger partial charge in [-0.15, -0.1) is 0 Å². The second-order valence-corrected chi connectivity index (χ2v) is 3.85. The molecule has 1 rings (SSSR count). The number of nitrogens with zero attached hydrogens (tertiary/aromatic N) is 1. The SMILES string of the molecule is CC.CC(C)(C)N1CCC=CC1=O. The molecule has 1 aliphatic rings. The maximum Gasteiger partial charge on any atom is 0.246 e. The Kier molecular flexibility index (Phi) is 4.74. The van der Waals surface area contributed by atoms with Gasteiger partial charge in [-0.25, -0.2) is 0 Å². The third kappa shape index (κ3) is 3.62. The summed E-state index contributed by atoms with van der Waals surface area (Å²) < 4.78 is 0. The minimum atomic E-state index is -0.0259. The lowest BCUT2D eigenvalue weighted by Gasteiger charge is -2.36. The van der Waals surface area contributed by atoms with Gasteiger partial charge in [0, 0.05) is 12.1 Å². The van der Waals surface area contributed by atoms with Crippen molar-refractivity contribution < 1.29 is 4.79 Å². The second kappa shape index (κ2) is 5.05. The van der Waals surface area contributed by atoms with Crippen LogP contribution in [0.2, 0.25) is 0 Å². The van der Waals surface area contributed by atoms with E-state index >= 15 is 0 Å². The summed E-state index contributed by atoms with van der Waals surface area (Å²) in [5, 5.41) is 0. The molecule has 1 amide bonds. The minimum Gasteiger partial charge on any atom is -0.334 e. The van der Waals surface area contributed by atoms with Crippen molar-refractivity contribution in [3.8, 4) is 0 Å². The van der Waals surface area contributed by atoms with Crippen LogP contribution in [0, 0.1) is 0 Å². The second-order valence-electron chi connectivity index (χ2n) is 3.85. The van der Waals surface area contributed by atoms with Crippen molar-refractivity contribution in [3.05, 3.63) is 12.2 Å². The van der Waals surface area contributed by atoms with E-state index in [1.165, 1.54) is 0 Å². The summed E-state index contributed by atoms with van der Waals surface area (Å²) in [6.07, 6.45) is 4.59. The summed E-state index contributed by atoms with van der Waals surface area (Å²) in [4.78, 5) is 13.2. The van der Waals surface area contributed by atoms with Gasteiger partial charge >= 0.3 is 0 Å². The number of carbonyl (C=O) groups is 1. The molecular formula is C11H21NO. The van der Waals surface area contributed by atoms with Crippen molar-refractivity contribution in [2.45, 2.75) is 46.6 Å². The van der Waals surface area contributed by atoms with Crippen LogP contribution >= 0.6 is 0 Å². The number of rotatable bonds is 0. The molecule has 0 aromatic rings. The largest absolute Gasteiger partial charge is 0.334 e.